The van der Waals surface area contributed by atoms with E-state index in [1.54, 1.807) is 0 Å². The molecule has 0 aliphatic rings. The van der Waals surface area contributed by atoms with Gasteiger partial charge in [-0.05, 0) is 25.3 Å². The van der Waals surface area contributed by atoms with E-state index >= 15 is 0 Å². The van der Waals surface area contributed by atoms with Crippen molar-refractivity contribution in [3.05, 3.63) is 17.0 Å². The van der Waals surface area contributed by atoms with Gasteiger partial charge in [0.05, 0.1) is 5.69 Å². The van der Waals surface area contributed by atoms with Gasteiger partial charge in [-0.25, -0.2) is 0 Å². The molecule has 1 unspecified atom stereocenters. The summed E-state index contributed by atoms with van der Waals surface area (Å²) in [5.41, 5.74) is 2.82. The number of nitrogens with zero attached hydrogens (tertiary/aromatic N) is 1. The van der Waals surface area contributed by atoms with Crippen LogP contribution >= 0.6 is 0 Å². The monoisotopic (exact) mass is 267 g/mol. The van der Waals surface area contributed by atoms with Crippen LogP contribution < -0.4 is 5.32 Å². The van der Waals surface area contributed by atoms with Gasteiger partial charge in [-0.3, -0.25) is 9.89 Å². The summed E-state index contributed by atoms with van der Waals surface area (Å²) in [5.74, 6) is 0.144. The predicted octanol–water partition coefficient (Wildman–Crippen LogP) is 1.65. The molecule has 0 saturated heterocycles. The molecule has 0 radical (unpaired) electrons. The second-order valence-corrected chi connectivity index (χ2v) is 6.05. The van der Waals surface area contributed by atoms with Gasteiger partial charge in [0.15, 0.2) is 0 Å². The van der Waals surface area contributed by atoms with Crippen LogP contribution in [0, 0.1) is 19.3 Å². The lowest BCUT2D eigenvalue weighted by Gasteiger charge is -2.22. The largest absolute Gasteiger partial charge is 0.396 e. The molecule has 0 spiro atoms. The van der Waals surface area contributed by atoms with Gasteiger partial charge < -0.3 is 10.4 Å². The number of hydrogen-bond donors (Lipinski definition) is 3. The quantitative estimate of drug-likeness (QED) is 0.733. The van der Waals surface area contributed by atoms with E-state index in [4.69, 9.17) is 5.11 Å². The van der Waals surface area contributed by atoms with Crippen LogP contribution in [0.5, 0.6) is 0 Å². The maximum absolute atomic E-state index is 11.9. The predicted molar refractivity (Wildman–Crippen MR) is 75.0 cm³/mol. The molecule has 0 aliphatic carbocycles. The molecule has 1 amide bonds. The summed E-state index contributed by atoms with van der Waals surface area (Å²) in [6, 6.07) is 0. The van der Waals surface area contributed by atoms with Crippen molar-refractivity contribution in [1.82, 2.24) is 15.5 Å². The van der Waals surface area contributed by atoms with Crippen molar-refractivity contribution in [2.75, 3.05) is 13.2 Å². The minimum atomic E-state index is -0.277. The van der Waals surface area contributed by atoms with E-state index in [-0.39, 0.29) is 23.8 Å². The third kappa shape index (κ3) is 4.35. The Labute approximate surface area is 114 Å². The number of H-pyrrole nitrogens is 1. The number of aromatic amines is 1. The fourth-order valence-electron chi connectivity index (χ4n) is 2.13. The maximum Gasteiger partial charge on any atom is 0.220 e. The minimum Gasteiger partial charge on any atom is -0.396 e. The molecule has 1 atom stereocenters. The number of amides is 1. The summed E-state index contributed by atoms with van der Waals surface area (Å²) in [5, 5.41) is 19.1. The van der Waals surface area contributed by atoms with Gasteiger partial charge in [-0.1, -0.05) is 20.8 Å². The number of carbonyl (C=O) groups is 1. The highest BCUT2D eigenvalue weighted by molar-refractivity contribution is 5.77. The summed E-state index contributed by atoms with van der Waals surface area (Å²) < 4.78 is 0. The van der Waals surface area contributed by atoms with Crippen molar-refractivity contribution in [3.8, 4) is 0 Å². The SMILES string of the molecule is Cc1n[nH]c(C)c1C(C)CC(=O)NCC(C)(C)CO. The van der Waals surface area contributed by atoms with E-state index in [0.29, 0.717) is 13.0 Å². The number of nitrogens with one attached hydrogen (secondary N) is 2. The van der Waals surface area contributed by atoms with Gasteiger partial charge in [-0.2, -0.15) is 5.10 Å². The van der Waals surface area contributed by atoms with Crippen molar-refractivity contribution in [1.29, 1.82) is 0 Å². The molecule has 0 aliphatic heterocycles. The molecule has 1 rings (SSSR count). The average molecular weight is 267 g/mol. The molecule has 5 nitrogen and oxygen atoms in total. The second kappa shape index (κ2) is 6.19. The Balaban J connectivity index is 2.54. The first-order chi connectivity index (χ1) is 8.76. The van der Waals surface area contributed by atoms with Crippen LogP contribution in [0.1, 0.15) is 50.1 Å². The zero-order chi connectivity index (χ0) is 14.6. The smallest absolute Gasteiger partial charge is 0.220 e. The lowest BCUT2D eigenvalue weighted by atomic mass is 9.93. The number of aryl methyl sites for hydroxylation is 2. The van der Waals surface area contributed by atoms with Gasteiger partial charge in [0, 0.05) is 30.7 Å². The number of hydrogen-bond acceptors (Lipinski definition) is 3. The zero-order valence-electron chi connectivity index (χ0n) is 12.5. The number of aliphatic hydroxyl groups excluding tert-OH is 1. The Morgan fingerprint density at radius 1 is 1.47 bits per heavy atom. The molecule has 1 aromatic heterocycles. The topological polar surface area (TPSA) is 78.0 Å². The van der Waals surface area contributed by atoms with Gasteiger partial charge in [0.1, 0.15) is 0 Å². The van der Waals surface area contributed by atoms with E-state index < -0.39 is 0 Å². The van der Waals surface area contributed by atoms with Gasteiger partial charge in [-0.15, -0.1) is 0 Å². The van der Waals surface area contributed by atoms with Crippen molar-refractivity contribution >= 4 is 5.91 Å². The zero-order valence-corrected chi connectivity index (χ0v) is 12.5. The fourth-order valence-corrected chi connectivity index (χ4v) is 2.13. The number of aliphatic hydroxyl groups is 1. The Morgan fingerprint density at radius 2 is 2.11 bits per heavy atom. The van der Waals surface area contributed by atoms with Crippen LogP contribution in [0.25, 0.3) is 0 Å². The third-order valence-corrected chi connectivity index (χ3v) is 3.36. The van der Waals surface area contributed by atoms with Crippen LogP contribution in [0.15, 0.2) is 0 Å². The molecule has 1 aromatic rings. The molecule has 5 heteroatoms. The summed E-state index contributed by atoms with van der Waals surface area (Å²) in [7, 11) is 0. The molecule has 0 saturated carbocycles. The lowest BCUT2D eigenvalue weighted by molar-refractivity contribution is -0.121. The van der Waals surface area contributed by atoms with E-state index in [0.717, 1.165) is 17.0 Å². The summed E-state index contributed by atoms with van der Waals surface area (Å²) in [6.07, 6.45) is 0.433. The molecule has 19 heavy (non-hydrogen) atoms. The highest BCUT2D eigenvalue weighted by Gasteiger charge is 2.20. The van der Waals surface area contributed by atoms with Crippen molar-refractivity contribution in [3.63, 3.8) is 0 Å². The molecule has 1 heterocycles. The normalized spacial score (nSPS) is 13.4. The van der Waals surface area contributed by atoms with Gasteiger partial charge >= 0.3 is 0 Å². The van der Waals surface area contributed by atoms with Gasteiger partial charge in [0.2, 0.25) is 5.91 Å². The van der Waals surface area contributed by atoms with Crippen molar-refractivity contribution < 1.29 is 9.90 Å². The van der Waals surface area contributed by atoms with Crippen LogP contribution in [0.3, 0.4) is 0 Å². The van der Waals surface area contributed by atoms with E-state index in [1.807, 2.05) is 34.6 Å². The van der Waals surface area contributed by atoms with E-state index in [2.05, 4.69) is 15.5 Å². The first kappa shape index (κ1) is 15.7. The second-order valence-electron chi connectivity index (χ2n) is 6.05. The molecule has 0 fully saturated rings. The van der Waals surface area contributed by atoms with Crippen molar-refractivity contribution in [2.45, 2.75) is 47.0 Å². The van der Waals surface area contributed by atoms with Crippen LogP contribution in [0.2, 0.25) is 0 Å². The van der Waals surface area contributed by atoms with Gasteiger partial charge in [0.25, 0.3) is 0 Å². The summed E-state index contributed by atoms with van der Waals surface area (Å²) in [4.78, 5) is 11.9. The number of rotatable bonds is 6. The summed E-state index contributed by atoms with van der Waals surface area (Å²) in [6.45, 7) is 10.3. The molecule has 0 bridgehead atoms. The minimum absolute atomic E-state index is 0.00836. The van der Waals surface area contributed by atoms with E-state index in [9.17, 15) is 4.79 Å². The Hall–Kier alpha value is -1.36. The van der Waals surface area contributed by atoms with Crippen LogP contribution in [-0.2, 0) is 4.79 Å². The molecular weight excluding hydrogens is 242 g/mol. The Morgan fingerprint density at radius 3 is 2.58 bits per heavy atom. The molecule has 0 aromatic carbocycles. The molecule has 108 valence electrons. The first-order valence-corrected chi connectivity index (χ1v) is 6.66. The number of aromatic nitrogens is 2. The Kier molecular flexibility index (Phi) is 5.11. The van der Waals surface area contributed by atoms with Crippen LogP contribution in [-0.4, -0.2) is 34.4 Å². The first-order valence-electron chi connectivity index (χ1n) is 6.66. The maximum atomic E-state index is 11.9. The molecular formula is C14H25N3O2. The lowest BCUT2D eigenvalue weighted by Crippen LogP contribution is -2.36. The van der Waals surface area contributed by atoms with E-state index in [1.165, 1.54) is 0 Å². The Bertz CT molecular complexity index is 418. The molecule has 3 N–H and O–H groups in total. The number of carbonyl (C=O) groups excluding carboxylic acids is 1. The van der Waals surface area contributed by atoms with Crippen molar-refractivity contribution in [2.24, 2.45) is 5.41 Å². The standard InChI is InChI=1S/C14H25N3O2/c1-9(13-10(2)16-17-11(13)3)6-12(19)15-7-14(4,5)8-18/h9,18H,6-8H2,1-5H3,(H,15,19)(H,16,17). The van der Waals surface area contributed by atoms with Crippen LogP contribution in [0.4, 0.5) is 0 Å². The third-order valence-electron chi connectivity index (χ3n) is 3.36. The average Bonchev–Trinajstić information content (AvgIpc) is 2.66. The highest BCUT2D eigenvalue weighted by Crippen LogP contribution is 2.24. The summed E-state index contributed by atoms with van der Waals surface area (Å²) >= 11 is 0. The highest BCUT2D eigenvalue weighted by atomic mass is 16.3. The fraction of sp³-hybridized carbons (Fsp3) is 0.714.